The van der Waals surface area contributed by atoms with Crippen molar-refractivity contribution in [2.75, 3.05) is 25.1 Å². The SMILES string of the molecule is CC(C)OCCN(C)c1ccc(C(C)N)nc1. The van der Waals surface area contributed by atoms with E-state index >= 15 is 0 Å². The molecule has 0 amide bonds. The fraction of sp³-hybridized carbons (Fsp3) is 0.615. The van der Waals surface area contributed by atoms with Crippen molar-refractivity contribution in [3.63, 3.8) is 0 Å². The van der Waals surface area contributed by atoms with Gasteiger partial charge in [-0.1, -0.05) is 0 Å². The van der Waals surface area contributed by atoms with Gasteiger partial charge in [0.25, 0.3) is 0 Å². The Balaban J connectivity index is 2.48. The molecule has 1 atom stereocenters. The third-order valence-corrected chi connectivity index (χ3v) is 2.56. The van der Waals surface area contributed by atoms with Crippen molar-refractivity contribution in [1.29, 1.82) is 0 Å². The highest BCUT2D eigenvalue weighted by Gasteiger charge is 2.04. The molecule has 0 aromatic carbocycles. The van der Waals surface area contributed by atoms with E-state index in [0.29, 0.717) is 0 Å². The Morgan fingerprint density at radius 1 is 1.35 bits per heavy atom. The number of nitrogens with two attached hydrogens (primary N) is 1. The molecule has 1 unspecified atom stereocenters. The van der Waals surface area contributed by atoms with Crippen LogP contribution in [0.1, 0.15) is 32.5 Å². The van der Waals surface area contributed by atoms with Gasteiger partial charge in [-0.15, -0.1) is 0 Å². The highest BCUT2D eigenvalue weighted by atomic mass is 16.5. The van der Waals surface area contributed by atoms with Crippen molar-refractivity contribution in [3.8, 4) is 0 Å². The lowest BCUT2D eigenvalue weighted by Gasteiger charge is -2.20. The van der Waals surface area contributed by atoms with E-state index in [4.69, 9.17) is 10.5 Å². The third-order valence-electron chi connectivity index (χ3n) is 2.56. The number of pyridine rings is 1. The minimum atomic E-state index is -0.0152. The molecule has 0 saturated heterocycles. The molecule has 0 radical (unpaired) electrons. The maximum atomic E-state index is 5.76. The van der Waals surface area contributed by atoms with E-state index in [1.54, 1.807) is 0 Å². The number of aromatic nitrogens is 1. The zero-order chi connectivity index (χ0) is 12.8. The van der Waals surface area contributed by atoms with Crippen LogP contribution in [0.4, 0.5) is 5.69 Å². The van der Waals surface area contributed by atoms with Gasteiger partial charge in [-0.3, -0.25) is 4.98 Å². The van der Waals surface area contributed by atoms with Gasteiger partial charge in [0.15, 0.2) is 0 Å². The molecule has 0 aliphatic rings. The quantitative estimate of drug-likeness (QED) is 0.821. The average molecular weight is 237 g/mol. The minimum Gasteiger partial charge on any atom is -0.377 e. The number of nitrogens with zero attached hydrogens (tertiary/aromatic N) is 2. The van der Waals surface area contributed by atoms with Crippen LogP contribution in [0.15, 0.2) is 18.3 Å². The number of likely N-dealkylation sites (N-methyl/N-ethyl adjacent to an activating group) is 1. The molecule has 1 aromatic heterocycles. The van der Waals surface area contributed by atoms with Crippen molar-refractivity contribution in [2.24, 2.45) is 5.73 Å². The van der Waals surface area contributed by atoms with E-state index < -0.39 is 0 Å². The third kappa shape index (κ3) is 4.71. The number of ether oxygens (including phenoxy) is 1. The zero-order valence-electron chi connectivity index (χ0n) is 11.2. The van der Waals surface area contributed by atoms with Crippen LogP contribution in [0.25, 0.3) is 0 Å². The Bertz CT molecular complexity index is 322. The summed E-state index contributed by atoms with van der Waals surface area (Å²) in [5.74, 6) is 0. The predicted octanol–water partition coefficient (Wildman–Crippen LogP) is 1.96. The topological polar surface area (TPSA) is 51.4 Å². The van der Waals surface area contributed by atoms with E-state index in [9.17, 15) is 0 Å². The number of hydrogen-bond donors (Lipinski definition) is 1. The van der Waals surface area contributed by atoms with Crippen LogP contribution < -0.4 is 10.6 Å². The molecule has 1 rings (SSSR count). The molecular weight excluding hydrogens is 214 g/mol. The molecule has 1 aromatic rings. The van der Waals surface area contributed by atoms with Crippen LogP contribution in [0.2, 0.25) is 0 Å². The second-order valence-corrected chi connectivity index (χ2v) is 4.57. The number of hydrogen-bond acceptors (Lipinski definition) is 4. The lowest BCUT2D eigenvalue weighted by Crippen LogP contribution is -2.24. The van der Waals surface area contributed by atoms with Crippen LogP contribution in [0.3, 0.4) is 0 Å². The molecule has 0 bridgehead atoms. The maximum Gasteiger partial charge on any atom is 0.0644 e. The van der Waals surface area contributed by atoms with E-state index in [1.807, 2.05) is 46.1 Å². The van der Waals surface area contributed by atoms with Gasteiger partial charge in [0.2, 0.25) is 0 Å². The first-order valence-electron chi connectivity index (χ1n) is 6.05. The van der Waals surface area contributed by atoms with Gasteiger partial charge >= 0.3 is 0 Å². The molecule has 0 saturated carbocycles. The molecule has 2 N–H and O–H groups in total. The van der Waals surface area contributed by atoms with Gasteiger partial charge < -0.3 is 15.4 Å². The van der Waals surface area contributed by atoms with Gasteiger partial charge in [0.1, 0.15) is 0 Å². The van der Waals surface area contributed by atoms with Gasteiger partial charge in [0.05, 0.1) is 30.3 Å². The molecule has 1 heterocycles. The van der Waals surface area contributed by atoms with Gasteiger partial charge in [-0.2, -0.15) is 0 Å². The summed E-state index contributed by atoms with van der Waals surface area (Å²) in [6, 6.07) is 4.00. The summed E-state index contributed by atoms with van der Waals surface area (Å²) < 4.78 is 5.51. The summed E-state index contributed by atoms with van der Waals surface area (Å²) in [6.45, 7) is 7.60. The minimum absolute atomic E-state index is 0.0152. The molecule has 0 aliphatic carbocycles. The summed E-state index contributed by atoms with van der Waals surface area (Å²) in [5.41, 5.74) is 7.76. The Morgan fingerprint density at radius 2 is 2.06 bits per heavy atom. The van der Waals surface area contributed by atoms with E-state index in [0.717, 1.165) is 24.5 Å². The number of rotatable bonds is 6. The Labute approximate surface area is 104 Å². The van der Waals surface area contributed by atoms with Crippen LogP contribution in [-0.4, -0.2) is 31.3 Å². The van der Waals surface area contributed by atoms with Crippen molar-refractivity contribution < 1.29 is 4.74 Å². The normalized spacial score (nSPS) is 12.8. The Hall–Kier alpha value is -1.13. The summed E-state index contributed by atoms with van der Waals surface area (Å²) in [5, 5.41) is 0. The average Bonchev–Trinajstić information content (AvgIpc) is 2.28. The molecule has 96 valence electrons. The monoisotopic (exact) mass is 237 g/mol. The lowest BCUT2D eigenvalue weighted by molar-refractivity contribution is 0.0846. The molecule has 4 nitrogen and oxygen atoms in total. The fourth-order valence-corrected chi connectivity index (χ4v) is 1.45. The van der Waals surface area contributed by atoms with Crippen molar-refractivity contribution in [3.05, 3.63) is 24.0 Å². The van der Waals surface area contributed by atoms with Crippen molar-refractivity contribution in [1.82, 2.24) is 4.98 Å². The van der Waals surface area contributed by atoms with Crippen molar-refractivity contribution >= 4 is 5.69 Å². The fourth-order valence-electron chi connectivity index (χ4n) is 1.45. The Morgan fingerprint density at radius 3 is 2.53 bits per heavy atom. The standard InChI is InChI=1S/C13H23N3O/c1-10(2)17-8-7-16(4)12-5-6-13(11(3)14)15-9-12/h5-6,9-11H,7-8,14H2,1-4H3. The smallest absolute Gasteiger partial charge is 0.0644 e. The molecular formula is C13H23N3O. The summed E-state index contributed by atoms with van der Waals surface area (Å²) in [6.07, 6.45) is 2.13. The van der Waals surface area contributed by atoms with Gasteiger partial charge in [0, 0.05) is 19.6 Å². The van der Waals surface area contributed by atoms with Crippen LogP contribution >= 0.6 is 0 Å². The first-order valence-corrected chi connectivity index (χ1v) is 6.05. The largest absolute Gasteiger partial charge is 0.377 e. The molecule has 0 fully saturated rings. The molecule has 4 heteroatoms. The second-order valence-electron chi connectivity index (χ2n) is 4.57. The predicted molar refractivity (Wildman–Crippen MR) is 71.2 cm³/mol. The lowest BCUT2D eigenvalue weighted by atomic mass is 10.2. The molecule has 17 heavy (non-hydrogen) atoms. The van der Waals surface area contributed by atoms with Crippen LogP contribution in [0, 0.1) is 0 Å². The van der Waals surface area contributed by atoms with E-state index in [-0.39, 0.29) is 12.1 Å². The van der Waals surface area contributed by atoms with Gasteiger partial charge in [-0.05, 0) is 32.9 Å². The van der Waals surface area contributed by atoms with Gasteiger partial charge in [-0.25, -0.2) is 0 Å². The van der Waals surface area contributed by atoms with Crippen LogP contribution in [0.5, 0.6) is 0 Å². The summed E-state index contributed by atoms with van der Waals surface area (Å²) >= 11 is 0. The molecule has 0 aliphatic heterocycles. The highest BCUT2D eigenvalue weighted by molar-refractivity contribution is 5.43. The van der Waals surface area contributed by atoms with E-state index in [1.165, 1.54) is 0 Å². The second kappa shape index (κ2) is 6.57. The highest BCUT2D eigenvalue weighted by Crippen LogP contribution is 2.13. The Kier molecular flexibility index (Phi) is 5.38. The zero-order valence-corrected chi connectivity index (χ0v) is 11.2. The molecule has 0 spiro atoms. The first kappa shape index (κ1) is 13.9. The summed E-state index contributed by atoms with van der Waals surface area (Å²) in [7, 11) is 2.03. The van der Waals surface area contributed by atoms with E-state index in [2.05, 4.69) is 9.88 Å². The van der Waals surface area contributed by atoms with Crippen molar-refractivity contribution in [2.45, 2.75) is 32.9 Å². The summed E-state index contributed by atoms with van der Waals surface area (Å²) in [4.78, 5) is 6.46. The number of anilines is 1. The maximum absolute atomic E-state index is 5.76. The first-order chi connectivity index (χ1) is 8.00. The van der Waals surface area contributed by atoms with Crippen LogP contribution in [-0.2, 0) is 4.74 Å².